The van der Waals surface area contributed by atoms with Gasteiger partial charge >= 0.3 is 5.97 Å². The van der Waals surface area contributed by atoms with Crippen LogP contribution < -0.4 is 19.7 Å². The minimum absolute atomic E-state index is 0.0458. The molecule has 7 nitrogen and oxygen atoms in total. The third-order valence-electron chi connectivity index (χ3n) is 5.36. The van der Waals surface area contributed by atoms with Gasteiger partial charge in [-0.1, -0.05) is 18.2 Å². The van der Waals surface area contributed by atoms with Crippen LogP contribution in [0.5, 0.6) is 11.5 Å². The smallest absolute Gasteiger partial charge is 0.305 e. The van der Waals surface area contributed by atoms with Gasteiger partial charge in [0.2, 0.25) is 0 Å². The Morgan fingerprint density at radius 3 is 2.83 bits per heavy atom. The van der Waals surface area contributed by atoms with Gasteiger partial charge in [0, 0.05) is 24.7 Å². The molecular formula is C22H24N2O5. The number of benzene rings is 2. The summed E-state index contributed by atoms with van der Waals surface area (Å²) in [6, 6.07) is 11.6. The lowest BCUT2D eigenvalue weighted by atomic mass is 10.1. The van der Waals surface area contributed by atoms with Crippen LogP contribution in [0.15, 0.2) is 36.4 Å². The number of nitrogens with zero attached hydrogens (tertiary/aromatic N) is 1. The maximum Gasteiger partial charge on any atom is 0.305 e. The topological polar surface area (TPSA) is 77.1 Å². The molecule has 2 aromatic rings. The van der Waals surface area contributed by atoms with Crippen LogP contribution in [0.25, 0.3) is 0 Å². The molecule has 0 saturated heterocycles. The zero-order chi connectivity index (χ0) is 20.4. The van der Waals surface area contributed by atoms with Crippen molar-refractivity contribution in [2.24, 2.45) is 0 Å². The van der Waals surface area contributed by atoms with Crippen molar-refractivity contribution < 1.29 is 23.8 Å². The number of carbonyl (C=O) groups is 2. The van der Waals surface area contributed by atoms with E-state index in [1.807, 2.05) is 23.1 Å². The molecule has 2 heterocycles. The second kappa shape index (κ2) is 8.03. The summed E-state index contributed by atoms with van der Waals surface area (Å²) >= 11 is 0. The Bertz CT molecular complexity index is 943. The number of amides is 1. The second-order valence-electron chi connectivity index (χ2n) is 7.12. The van der Waals surface area contributed by atoms with Crippen molar-refractivity contribution in [2.75, 3.05) is 37.6 Å². The molecule has 0 saturated carbocycles. The van der Waals surface area contributed by atoms with Crippen molar-refractivity contribution >= 4 is 23.3 Å². The molecular weight excluding hydrogens is 372 g/mol. The molecule has 0 bridgehead atoms. The Hall–Kier alpha value is -3.22. The summed E-state index contributed by atoms with van der Waals surface area (Å²) in [5.74, 6) is 0.716. The van der Waals surface area contributed by atoms with E-state index in [1.54, 1.807) is 19.2 Å². The van der Waals surface area contributed by atoms with E-state index in [4.69, 9.17) is 9.47 Å². The molecule has 2 aliphatic heterocycles. The summed E-state index contributed by atoms with van der Waals surface area (Å²) in [6.07, 6.45) is 1.65. The van der Waals surface area contributed by atoms with Crippen LogP contribution >= 0.6 is 0 Å². The lowest BCUT2D eigenvalue weighted by Crippen LogP contribution is -2.39. The molecule has 2 aliphatic rings. The van der Waals surface area contributed by atoms with Crippen molar-refractivity contribution in [3.63, 3.8) is 0 Å². The molecule has 152 valence electrons. The number of para-hydroxylation sites is 1. The van der Waals surface area contributed by atoms with Gasteiger partial charge in [-0.25, -0.2) is 0 Å². The highest BCUT2D eigenvalue weighted by atomic mass is 16.5. The van der Waals surface area contributed by atoms with Crippen molar-refractivity contribution in [2.45, 2.75) is 25.3 Å². The van der Waals surface area contributed by atoms with E-state index in [9.17, 15) is 9.59 Å². The maximum absolute atomic E-state index is 13.4. The summed E-state index contributed by atoms with van der Waals surface area (Å²) < 4.78 is 15.9. The minimum Gasteiger partial charge on any atom is -0.493 e. The van der Waals surface area contributed by atoms with Crippen LogP contribution in [-0.4, -0.2) is 45.3 Å². The lowest BCUT2D eigenvalue weighted by molar-refractivity contribution is -0.140. The fraction of sp³-hybridized carbons (Fsp3) is 0.364. The number of methoxy groups -OCH3 is 2. The van der Waals surface area contributed by atoms with Crippen molar-refractivity contribution in [1.29, 1.82) is 0 Å². The summed E-state index contributed by atoms with van der Waals surface area (Å²) in [6.45, 7) is 1.00. The monoisotopic (exact) mass is 396 g/mol. The molecule has 1 N–H and O–H groups in total. The number of nitrogens with one attached hydrogen (secondary N) is 1. The first-order chi connectivity index (χ1) is 14.1. The first-order valence-electron chi connectivity index (χ1n) is 9.69. The number of esters is 1. The van der Waals surface area contributed by atoms with E-state index < -0.39 is 0 Å². The predicted molar refractivity (Wildman–Crippen MR) is 109 cm³/mol. The summed E-state index contributed by atoms with van der Waals surface area (Å²) in [5, 5.41) is 3.40. The van der Waals surface area contributed by atoms with Gasteiger partial charge in [-0.05, 0) is 30.5 Å². The van der Waals surface area contributed by atoms with Gasteiger partial charge in [-0.15, -0.1) is 0 Å². The van der Waals surface area contributed by atoms with Crippen LogP contribution in [0.1, 0.15) is 28.8 Å². The number of hydrogen-bond acceptors (Lipinski definition) is 6. The Morgan fingerprint density at radius 1 is 1.21 bits per heavy atom. The van der Waals surface area contributed by atoms with Gasteiger partial charge in [-0.2, -0.15) is 0 Å². The van der Waals surface area contributed by atoms with Gasteiger partial charge < -0.3 is 24.4 Å². The van der Waals surface area contributed by atoms with Gasteiger partial charge in [0.15, 0.2) is 11.5 Å². The molecule has 1 atom stereocenters. The van der Waals surface area contributed by atoms with E-state index in [1.165, 1.54) is 12.7 Å². The van der Waals surface area contributed by atoms with E-state index >= 15 is 0 Å². The van der Waals surface area contributed by atoms with E-state index in [0.29, 0.717) is 36.6 Å². The van der Waals surface area contributed by atoms with E-state index in [0.717, 1.165) is 17.8 Å². The van der Waals surface area contributed by atoms with E-state index in [2.05, 4.69) is 16.1 Å². The average Bonchev–Trinajstić information content (AvgIpc) is 3.06. The Labute approximate surface area is 169 Å². The molecule has 0 aromatic heterocycles. The van der Waals surface area contributed by atoms with Crippen molar-refractivity contribution in [1.82, 2.24) is 0 Å². The first-order valence-corrected chi connectivity index (χ1v) is 9.69. The van der Waals surface area contributed by atoms with Gasteiger partial charge in [0.05, 0.1) is 38.1 Å². The fourth-order valence-electron chi connectivity index (χ4n) is 3.91. The Morgan fingerprint density at radius 2 is 2.03 bits per heavy atom. The van der Waals surface area contributed by atoms with Gasteiger partial charge in [-0.3, -0.25) is 9.59 Å². The second-order valence-corrected chi connectivity index (χ2v) is 7.12. The first kappa shape index (κ1) is 19.1. The number of rotatable bonds is 6. The maximum atomic E-state index is 13.4. The van der Waals surface area contributed by atoms with Gasteiger partial charge in [0.1, 0.15) is 0 Å². The van der Waals surface area contributed by atoms with Crippen LogP contribution in [0.2, 0.25) is 0 Å². The molecule has 1 amide bonds. The highest BCUT2D eigenvalue weighted by Gasteiger charge is 2.37. The predicted octanol–water partition coefficient (Wildman–Crippen LogP) is 3.02. The summed E-state index contributed by atoms with van der Waals surface area (Å²) in [5.41, 5.74) is 3.45. The highest BCUT2D eigenvalue weighted by Crippen LogP contribution is 2.40. The molecule has 4 rings (SSSR count). The molecule has 7 heteroatoms. The summed E-state index contributed by atoms with van der Waals surface area (Å²) in [7, 11) is 2.91. The van der Waals surface area contributed by atoms with Crippen LogP contribution in [0.4, 0.5) is 11.4 Å². The number of fused-ring (bicyclic) bond motifs is 4. The molecule has 1 unspecified atom stereocenters. The summed E-state index contributed by atoms with van der Waals surface area (Å²) in [4.78, 5) is 26.5. The van der Waals surface area contributed by atoms with Crippen LogP contribution in [-0.2, 0) is 16.0 Å². The number of anilines is 2. The molecule has 2 aromatic carbocycles. The molecule has 0 aliphatic carbocycles. The normalized spacial score (nSPS) is 16.8. The average molecular weight is 396 g/mol. The quantitative estimate of drug-likeness (QED) is 0.597. The molecule has 0 radical (unpaired) electrons. The number of carbonyl (C=O) groups excluding carboxylic acids is 2. The largest absolute Gasteiger partial charge is 0.493 e. The Kier molecular flexibility index (Phi) is 5.29. The third-order valence-corrected chi connectivity index (χ3v) is 5.36. The van der Waals surface area contributed by atoms with Crippen LogP contribution in [0.3, 0.4) is 0 Å². The van der Waals surface area contributed by atoms with Crippen LogP contribution in [0, 0.1) is 0 Å². The number of ether oxygens (including phenoxy) is 3. The zero-order valence-corrected chi connectivity index (χ0v) is 16.6. The van der Waals surface area contributed by atoms with Crippen molar-refractivity contribution in [3.8, 4) is 11.5 Å². The minimum atomic E-state index is -0.268. The van der Waals surface area contributed by atoms with E-state index in [-0.39, 0.29) is 24.3 Å². The third kappa shape index (κ3) is 3.60. The molecule has 0 fully saturated rings. The Balaban J connectivity index is 1.58. The molecule has 29 heavy (non-hydrogen) atoms. The fourth-order valence-corrected chi connectivity index (χ4v) is 3.91. The lowest BCUT2D eigenvalue weighted by Gasteiger charge is -2.22. The van der Waals surface area contributed by atoms with Crippen molar-refractivity contribution in [3.05, 3.63) is 47.5 Å². The van der Waals surface area contributed by atoms with Gasteiger partial charge in [0.25, 0.3) is 5.91 Å². The number of hydrogen-bond donors (Lipinski definition) is 1. The standard InChI is InChI=1S/C22H24N2O5/c1-27-19-11-16-17(12-20(19)29-9-5-8-21(25)28-2)23-13-15-10-14-6-3-4-7-18(14)24(15)22(16)26/h3-4,6-7,11-12,15,23H,5,8-10,13H2,1-2H3. The zero-order valence-electron chi connectivity index (χ0n) is 16.6. The SMILES string of the molecule is COC(=O)CCCOc1cc2c(cc1OC)C(=O)N1c3ccccc3CC1CN2. The molecule has 0 spiro atoms. The highest BCUT2D eigenvalue weighted by molar-refractivity contribution is 6.12.